The van der Waals surface area contributed by atoms with Gasteiger partial charge in [-0.2, -0.15) is 0 Å². The summed E-state index contributed by atoms with van der Waals surface area (Å²) >= 11 is 0. The Balaban J connectivity index is 2.34. The van der Waals surface area contributed by atoms with E-state index in [1.54, 1.807) is 12.1 Å². The van der Waals surface area contributed by atoms with Gasteiger partial charge in [0.25, 0.3) is 5.69 Å². The third-order valence-electron chi connectivity index (χ3n) is 2.68. The van der Waals surface area contributed by atoms with Crippen molar-refractivity contribution in [3.05, 3.63) is 58.6 Å². The molecule has 110 valence electrons. The zero-order chi connectivity index (χ0) is 15.5. The lowest BCUT2D eigenvalue weighted by Gasteiger charge is -2.10. The second-order valence-corrected chi connectivity index (χ2v) is 5.86. The molecule has 0 atom stereocenters. The molecule has 2 rings (SSSR count). The van der Waals surface area contributed by atoms with E-state index in [0.717, 1.165) is 0 Å². The number of benzene rings is 2. The van der Waals surface area contributed by atoms with E-state index in [9.17, 15) is 18.5 Å². The molecule has 0 aliphatic heterocycles. The minimum Gasteiger partial charge on any atom is -0.456 e. The Morgan fingerprint density at radius 3 is 2.29 bits per heavy atom. The van der Waals surface area contributed by atoms with Gasteiger partial charge < -0.3 is 4.74 Å². The van der Waals surface area contributed by atoms with E-state index in [1.165, 1.54) is 43.4 Å². The summed E-state index contributed by atoms with van der Waals surface area (Å²) in [7, 11) is -2.35. The number of nitrogens with one attached hydrogen (secondary N) is 1. The van der Waals surface area contributed by atoms with Crippen LogP contribution in [0.25, 0.3) is 0 Å². The van der Waals surface area contributed by atoms with Crippen LogP contribution < -0.4 is 9.46 Å². The molecule has 0 aliphatic carbocycles. The minimum atomic E-state index is -3.65. The molecule has 0 radical (unpaired) electrons. The van der Waals surface area contributed by atoms with Crippen molar-refractivity contribution in [2.45, 2.75) is 4.90 Å². The third kappa shape index (κ3) is 3.36. The smallest absolute Gasteiger partial charge is 0.269 e. The van der Waals surface area contributed by atoms with E-state index in [4.69, 9.17) is 4.74 Å². The maximum Gasteiger partial charge on any atom is 0.269 e. The van der Waals surface area contributed by atoms with Gasteiger partial charge in [0.05, 0.1) is 4.92 Å². The van der Waals surface area contributed by atoms with Crippen LogP contribution in [0.15, 0.2) is 53.4 Å². The number of para-hydroxylation sites is 1. The van der Waals surface area contributed by atoms with Crippen LogP contribution in [0.5, 0.6) is 11.5 Å². The van der Waals surface area contributed by atoms with Gasteiger partial charge in [-0.05, 0) is 31.3 Å². The molecule has 21 heavy (non-hydrogen) atoms. The Labute approximate surface area is 121 Å². The Morgan fingerprint density at radius 1 is 1.10 bits per heavy atom. The van der Waals surface area contributed by atoms with Crippen molar-refractivity contribution in [3.8, 4) is 11.5 Å². The van der Waals surface area contributed by atoms with Gasteiger partial charge in [-0.25, -0.2) is 13.1 Å². The first-order valence-corrected chi connectivity index (χ1v) is 7.37. The molecule has 0 bridgehead atoms. The average Bonchev–Trinajstić information content (AvgIpc) is 2.48. The monoisotopic (exact) mass is 308 g/mol. The Hall–Kier alpha value is -2.45. The van der Waals surface area contributed by atoms with Crippen molar-refractivity contribution in [1.82, 2.24) is 4.72 Å². The standard InChI is InChI=1S/C13H12N2O5S/c1-14-21(18,19)13-5-3-2-4-12(13)20-11-8-6-10(7-9-11)15(16)17/h2-9,14H,1H3. The van der Waals surface area contributed by atoms with Gasteiger partial charge in [0.1, 0.15) is 16.4 Å². The summed E-state index contributed by atoms with van der Waals surface area (Å²) in [5.41, 5.74) is -0.0709. The molecule has 0 saturated carbocycles. The van der Waals surface area contributed by atoms with Crippen LogP contribution in [-0.4, -0.2) is 20.4 Å². The van der Waals surface area contributed by atoms with Crippen molar-refractivity contribution in [2.75, 3.05) is 7.05 Å². The topological polar surface area (TPSA) is 98.5 Å². The van der Waals surface area contributed by atoms with E-state index >= 15 is 0 Å². The summed E-state index contributed by atoms with van der Waals surface area (Å²) in [5.74, 6) is 0.444. The zero-order valence-electron chi connectivity index (χ0n) is 11.0. The molecule has 0 unspecified atom stereocenters. The van der Waals surface area contributed by atoms with E-state index < -0.39 is 14.9 Å². The maximum atomic E-state index is 11.9. The number of non-ortho nitro benzene ring substituents is 1. The normalized spacial score (nSPS) is 11.1. The fraction of sp³-hybridized carbons (Fsp3) is 0.0769. The highest BCUT2D eigenvalue weighted by atomic mass is 32.2. The minimum absolute atomic E-state index is 0.00847. The molecule has 1 N–H and O–H groups in total. The van der Waals surface area contributed by atoms with E-state index in [0.29, 0.717) is 5.75 Å². The van der Waals surface area contributed by atoms with Crippen molar-refractivity contribution in [2.24, 2.45) is 0 Å². The van der Waals surface area contributed by atoms with Gasteiger partial charge in [-0.3, -0.25) is 10.1 Å². The third-order valence-corrected chi connectivity index (χ3v) is 4.14. The number of hydrogen-bond acceptors (Lipinski definition) is 5. The first kappa shape index (κ1) is 14.9. The maximum absolute atomic E-state index is 11.9. The zero-order valence-corrected chi connectivity index (χ0v) is 11.8. The summed E-state index contributed by atoms with van der Waals surface area (Å²) in [4.78, 5) is 10.0. The van der Waals surface area contributed by atoms with Crippen LogP contribution in [0.1, 0.15) is 0 Å². The molecule has 0 spiro atoms. The van der Waals surface area contributed by atoms with Gasteiger partial charge in [0.15, 0.2) is 0 Å². The lowest BCUT2D eigenvalue weighted by Crippen LogP contribution is -2.19. The molecule has 0 saturated heterocycles. The molecular formula is C13H12N2O5S. The number of sulfonamides is 1. The predicted octanol–water partition coefficient (Wildman–Crippen LogP) is 2.30. The lowest BCUT2D eigenvalue weighted by molar-refractivity contribution is -0.384. The Kier molecular flexibility index (Phi) is 4.20. The Bertz CT molecular complexity index is 756. The molecule has 0 aliphatic rings. The van der Waals surface area contributed by atoms with Crippen LogP contribution in [0, 0.1) is 10.1 Å². The number of rotatable bonds is 5. The van der Waals surface area contributed by atoms with Crippen LogP contribution >= 0.6 is 0 Å². The fourth-order valence-corrected chi connectivity index (χ4v) is 2.48. The predicted molar refractivity (Wildman–Crippen MR) is 75.9 cm³/mol. The van der Waals surface area contributed by atoms with Gasteiger partial charge in [0, 0.05) is 12.1 Å². The quantitative estimate of drug-likeness (QED) is 0.675. The molecule has 0 aromatic heterocycles. The molecule has 2 aromatic rings. The molecular weight excluding hydrogens is 296 g/mol. The highest BCUT2D eigenvalue weighted by Gasteiger charge is 2.17. The van der Waals surface area contributed by atoms with Crippen LogP contribution in [0.2, 0.25) is 0 Å². The molecule has 2 aromatic carbocycles. The van der Waals surface area contributed by atoms with Crippen molar-refractivity contribution in [1.29, 1.82) is 0 Å². The average molecular weight is 308 g/mol. The second-order valence-electron chi connectivity index (χ2n) is 4.01. The van der Waals surface area contributed by atoms with Crippen molar-refractivity contribution in [3.63, 3.8) is 0 Å². The lowest BCUT2D eigenvalue weighted by atomic mass is 10.3. The second kappa shape index (κ2) is 5.90. The highest BCUT2D eigenvalue weighted by molar-refractivity contribution is 7.89. The molecule has 0 fully saturated rings. The van der Waals surface area contributed by atoms with Gasteiger partial charge in [0.2, 0.25) is 10.0 Å². The summed E-state index contributed by atoms with van der Waals surface area (Å²) < 4.78 is 31.5. The molecule has 0 amide bonds. The largest absolute Gasteiger partial charge is 0.456 e. The summed E-state index contributed by atoms with van der Waals surface area (Å²) in [6.07, 6.45) is 0. The van der Waals surface area contributed by atoms with Crippen LogP contribution in [-0.2, 0) is 10.0 Å². The van der Waals surface area contributed by atoms with E-state index in [1.807, 2.05) is 0 Å². The van der Waals surface area contributed by atoms with E-state index in [2.05, 4.69) is 4.72 Å². The number of nitro benzene ring substituents is 1. The summed E-state index contributed by atoms with van der Waals surface area (Å²) in [6, 6.07) is 11.5. The number of ether oxygens (including phenoxy) is 1. The van der Waals surface area contributed by atoms with Crippen LogP contribution in [0.3, 0.4) is 0 Å². The molecule has 0 heterocycles. The number of hydrogen-bond donors (Lipinski definition) is 1. The molecule has 7 nitrogen and oxygen atoms in total. The SMILES string of the molecule is CNS(=O)(=O)c1ccccc1Oc1ccc([N+](=O)[O-])cc1. The first-order chi connectivity index (χ1) is 9.94. The van der Waals surface area contributed by atoms with Crippen LogP contribution in [0.4, 0.5) is 5.69 Å². The summed E-state index contributed by atoms with van der Waals surface area (Å²) in [5, 5.41) is 10.6. The van der Waals surface area contributed by atoms with E-state index in [-0.39, 0.29) is 16.3 Å². The number of nitro groups is 1. The van der Waals surface area contributed by atoms with Crippen molar-refractivity contribution < 1.29 is 18.1 Å². The van der Waals surface area contributed by atoms with Crippen molar-refractivity contribution >= 4 is 15.7 Å². The number of nitrogens with zero attached hydrogens (tertiary/aromatic N) is 1. The van der Waals surface area contributed by atoms with Gasteiger partial charge in [-0.1, -0.05) is 12.1 Å². The Morgan fingerprint density at radius 2 is 1.71 bits per heavy atom. The van der Waals surface area contributed by atoms with Gasteiger partial charge in [-0.15, -0.1) is 0 Å². The first-order valence-electron chi connectivity index (χ1n) is 5.89. The summed E-state index contributed by atoms with van der Waals surface area (Å²) in [6.45, 7) is 0. The fourth-order valence-electron chi connectivity index (χ4n) is 1.63. The molecule has 8 heteroatoms. The van der Waals surface area contributed by atoms with Gasteiger partial charge >= 0.3 is 0 Å². The highest BCUT2D eigenvalue weighted by Crippen LogP contribution is 2.29.